The van der Waals surface area contributed by atoms with Gasteiger partial charge in [-0.15, -0.1) is 0 Å². The van der Waals surface area contributed by atoms with E-state index in [1.807, 2.05) is 37.3 Å². The summed E-state index contributed by atoms with van der Waals surface area (Å²) >= 11 is 0. The zero-order chi connectivity index (χ0) is 10.7. The van der Waals surface area contributed by atoms with Gasteiger partial charge in [-0.3, -0.25) is 4.79 Å². The molecule has 1 aliphatic rings. The molecule has 0 aliphatic heterocycles. The molecule has 0 saturated carbocycles. The molecule has 0 heterocycles. The molecule has 15 heavy (non-hydrogen) atoms. The van der Waals surface area contributed by atoms with Crippen LogP contribution in [0.15, 0.2) is 42.0 Å². The largest absolute Gasteiger partial charge is 0.461 e. The van der Waals surface area contributed by atoms with Gasteiger partial charge in [-0.2, -0.15) is 0 Å². The Bertz CT molecular complexity index is 379. The third-order valence-corrected chi connectivity index (χ3v) is 2.57. The van der Waals surface area contributed by atoms with Gasteiger partial charge >= 0.3 is 5.97 Å². The van der Waals surface area contributed by atoms with E-state index >= 15 is 0 Å². The van der Waals surface area contributed by atoms with Gasteiger partial charge in [0.15, 0.2) is 0 Å². The average molecular weight is 202 g/mol. The van der Waals surface area contributed by atoms with E-state index in [1.54, 1.807) is 0 Å². The molecule has 1 aromatic rings. The highest BCUT2D eigenvalue weighted by Gasteiger charge is 2.23. The van der Waals surface area contributed by atoms with Gasteiger partial charge in [-0.05, 0) is 12.5 Å². The van der Waals surface area contributed by atoms with E-state index < -0.39 is 0 Å². The second-order valence-electron chi connectivity index (χ2n) is 3.87. The number of benzene rings is 1. The summed E-state index contributed by atoms with van der Waals surface area (Å²) in [5, 5.41) is 0. The molecular formula is C13H14O2. The normalized spacial score (nSPS) is 18.2. The SMILES string of the molecule is CC1=CC1CC(=O)OCc1ccccc1. The second kappa shape index (κ2) is 4.30. The van der Waals surface area contributed by atoms with Crippen molar-refractivity contribution >= 4 is 5.97 Å². The number of esters is 1. The van der Waals surface area contributed by atoms with Gasteiger partial charge in [-0.1, -0.05) is 42.0 Å². The standard InChI is InChI=1S/C13H14O2/c1-10-7-12(10)8-13(14)15-9-11-5-3-2-4-6-11/h2-7,12H,8-9H2,1H3. The van der Waals surface area contributed by atoms with E-state index in [1.165, 1.54) is 5.57 Å². The van der Waals surface area contributed by atoms with Crippen molar-refractivity contribution in [3.63, 3.8) is 0 Å². The molecule has 1 atom stereocenters. The highest BCUT2D eigenvalue weighted by Crippen LogP contribution is 2.31. The number of hydrogen-bond acceptors (Lipinski definition) is 2. The third kappa shape index (κ3) is 2.94. The Hall–Kier alpha value is -1.57. The lowest BCUT2D eigenvalue weighted by Gasteiger charge is -2.04. The van der Waals surface area contributed by atoms with Crippen molar-refractivity contribution in [3.8, 4) is 0 Å². The van der Waals surface area contributed by atoms with Crippen molar-refractivity contribution in [2.75, 3.05) is 0 Å². The smallest absolute Gasteiger partial charge is 0.307 e. The van der Waals surface area contributed by atoms with Gasteiger partial charge in [-0.25, -0.2) is 0 Å². The summed E-state index contributed by atoms with van der Waals surface area (Å²) in [6.07, 6.45) is 2.59. The molecule has 2 nitrogen and oxygen atoms in total. The summed E-state index contributed by atoms with van der Waals surface area (Å²) in [4.78, 5) is 11.4. The van der Waals surface area contributed by atoms with Crippen LogP contribution in [0.3, 0.4) is 0 Å². The maximum absolute atomic E-state index is 11.4. The molecule has 1 unspecified atom stereocenters. The first kappa shape index (κ1) is 9.97. The van der Waals surface area contributed by atoms with Crippen LogP contribution in [0.4, 0.5) is 0 Å². The van der Waals surface area contributed by atoms with E-state index in [9.17, 15) is 4.79 Å². The van der Waals surface area contributed by atoms with Gasteiger partial charge in [0.1, 0.15) is 6.61 Å². The van der Waals surface area contributed by atoms with Gasteiger partial charge in [0.05, 0.1) is 6.42 Å². The van der Waals surface area contributed by atoms with Crippen molar-refractivity contribution in [1.82, 2.24) is 0 Å². The number of rotatable bonds is 4. The molecule has 0 spiro atoms. The van der Waals surface area contributed by atoms with E-state index in [0.29, 0.717) is 18.9 Å². The van der Waals surface area contributed by atoms with Crippen LogP contribution in [-0.4, -0.2) is 5.97 Å². The van der Waals surface area contributed by atoms with Crippen LogP contribution >= 0.6 is 0 Å². The highest BCUT2D eigenvalue weighted by molar-refractivity contribution is 5.71. The maximum Gasteiger partial charge on any atom is 0.307 e. The number of carbonyl (C=O) groups excluding carboxylic acids is 1. The van der Waals surface area contributed by atoms with E-state index in [2.05, 4.69) is 6.08 Å². The first-order chi connectivity index (χ1) is 7.25. The minimum atomic E-state index is -0.114. The molecule has 0 radical (unpaired) electrons. The predicted molar refractivity (Wildman–Crippen MR) is 58.1 cm³/mol. The molecule has 0 fully saturated rings. The second-order valence-corrected chi connectivity index (χ2v) is 3.87. The zero-order valence-electron chi connectivity index (χ0n) is 8.77. The summed E-state index contributed by atoms with van der Waals surface area (Å²) in [6, 6.07) is 9.73. The van der Waals surface area contributed by atoms with Crippen LogP contribution < -0.4 is 0 Å². The minimum absolute atomic E-state index is 0.114. The van der Waals surface area contributed by atoms with Crippen molar-refractivity contribution in [2.45, 2.75) is 20.0 Å². The van der Waals surface area contributed by atoms with Gasteiger partial charge < -0.3 is 4.74 Å². The summed E-state index contributed by atoms with van der Waals surface area (Å²) in [7, 11) is 0. The summed E-state index contributed by atoms with van der Waals surface area (Å²) < 4.78 is 5.15. The number of carbonyl (C=O) groups is 1. The molecule has 1 aliphatic carbocycles. The van der Waals surface area contributed by atoms with Gasteiger partial charge in [0.2, 0.25) is 0 Å². The Labute approximate surface area is 89.6 Å². The van der Waals surface area contributed by atoms with Crippen LogP contribution in [0.5, 0.6) is 0 Å². The Morgan fingerprint density at radius 1 is 1.33 bits per heavy atom. The lowest BCUT2D eigenvalue weighted by molar-refractivity contribution is -0.145. The molecule has 2 heteroatoms. The van der Waals surface area contributed by atoms with Crippen molar-refractivity contribution in [2.24, 2.45) is 5.92 Å². The Morgan fingerprint density at radius 2 is 2.00 bits per heavy atom. The van der Waals surface area contributed by atoms with Crippen LogP contribution in [0.2, 0.25) is 0 Å². The highest BCUT2D eigenvalue weighted by atomic mass is 16.5. The Balaban J connectivity index is 1.72. The summed E-state index contributed by atoms with van der Waals surface area (Å²) in [5.74, 6) is 0.255. The molecule has 2 rings (SSSR count). The van der Waals surface area contributed by atoms with E-state index in [4.69, 9.17) is 4.74 Å². The van der Waals surface area contributed by atoms with E-state index in [-0.39, 0.29) is 5.97 Å². The Morgan fingerprint density at radius 3 is 2.60 bits per heavy atom. The first-order valence-corrected chi connectivity index (χ1v) is 5.13. The molecule has 0 bridgehead atoms. The molecule has 0 N–H and O–H groups in total. The lowest BCUT2D eigenvalue weighted by atomic mass is 10.2. The lowest BCUT2D eigenvalue weighted by Crippen LogP contribution is -2.05. The minimum Gasteiger partial charge on any atom is -0.461 e. The Kier molecular flexibility index (Phi) is 2.86. The third-order valence-electron chi connectivity index (χ3n) is 2.57. The molecule has 78 valence electrons. The quantitative estimate of drug-likeness (QED) is 0.554. The zero-order valence-corrected chi connectivity index (χ0v) is 8.77. The van der Waals surface area contributed by atoms with Crippen LogP contribution in [0.1, 0.15) is 18.9 Å². The molecule has 0 amide bonds. The number of hydrogen-bond donors (Lipinski definition) is 0. The van der Waals surface area contributed by atoms with Crippen molar-refractivity contribution in [3.05, 3.63) is 47.5 Å². The monoisotopic (exact) mass is 202 g/mol. The number of ether oxygens (including phenoxy) is 1. The average Bonchev–Trinajstić information content (AvgIpc) is 2.93. The fourth-order valence-corrected chi connectivity index (χ4v) is 1.47. The van der Waals surface area contributed by atoms with Crippen LogP contribution in [0.25, 0.3) is 0 Å². The molecule has 0 aromatic heterocycles. The summed E-state index contributed by atoms with van der Waals surface area (Å²) in [6.45, 7) is 2.42. The fourth-order valence-electron chi connectivity index (χ4n) is 1.47. The maximum atomic E-state index is 11.4. The van der Waals surface area contributed by atoms with Crippen LogP contribution in [0, 0.1) is 5.92 Å². The topological polar surface area (TPSA) is 26.3 Å². The van der Waals surface area contributed by atoms with Crippen LogP contribution in [-0.2, 0) is 16.1 Å². The van der Waals surface area contributed by atoms with Crippen molar-refractivity contribution < 1.29 is 9.53 Å². The van der Waals surface area contributed by atoms with Crippen molar-refractivity contribution in [1.29, 1.82) is 0 Å². The molecule has 0 saturated heterocycles. The summed E-state index contributed by atoms with van der Waals surface area (Å²) in [5.41, 5.74) is 2.33. The van der Waals surface area contributed by atoms with E-state index in [0.717, 1.165) is 5.56 Å². The van der Waals surface area contributed by atoms with Gasteiger partial charge in [0, 0.05) is 5.92 Å². The predicted octanol–water partition coefficient (Wildman–Crippen LogP) is 2.70. The molecular weight excluding hydrogens is 188 g/mol. The molecule has 1 aromatic carbocycles. The first-order valence-electron chi connectivity index (χ1n) is 5.13. The fraction of sp³-hybridized carbons (Fsp3) is 0.308. The van der Waals surface area contributed by atoms with Gasteiger partial charge in [0.25, 0.3) is 0 Å². The number of allylic oxidation sites excluding steroid dienone is 2.